The molecule has 3 aliphatic heterocycles. The number of benzene rings is 1. The van der Waals surface area contributed by atoms with Crippen LogP contribution in [0.2, 0.25) is 0 Å². The highest BCUT2D eigenvalue weighted by Gasteiger charge is 2.31. The Kier molecular flexibility index (Phi) is 8.69. The summed E-state index contributed by atoms with van der Waals surface area (Å²) in [6.45, 7) is 8.03. The number of carbonyl (C=O) groups excluding carboxylic acids is 1. The summed E-state index contributed by atoms with van der Waals surface area (Å²) < 4.78 is 17.4. The van der Waals surface area contributed by atoms with Gasteiger partial charge in [-0.3, -0.25) is 9.69 Å². The topological polar surface area (TPSA) is 124 Å². The molecule has 1 aliphatic carbocycles. The summed E-state index contributed by atoms with van der Waals surface area (Å²) in [5.41, 5.74) is 9.30. The van der Waals surface area contributed by atoms with Gasteiger partial charge in [0, 0.05) is 62.3 Å². The van der Waals surface area contributed by atoms with Crippen molar-refractivity contribution in [2.24, 2.45) is 11.7 Å². The van der Waals surface area contributed by atoms with E-state index in [9.17, 15) is 4.79 Å². The average Bonchev–Trinajstić information content (AvgIpc) is 3.77. The minimum atomic E-state index is -0.0306. The molecule has 2 aromatic rings. The molecule has 1 amide bonds. The summed E-state index contributed by atoms with van der Waals surface area (Å²) >= 11 is 0. The number of aryl methyl sites for hydroxylation is 1. The molecule has 10 nitrogen and oxygen atoms in total. The molecule has 4 N–H and O–H groups in total. The van der Waals surface area contributed by atoms with Crippen molar-refractivity contribution in [2.45, 2.75) is 63.6 Å². The Balaban J connectivity index is 1.21. The van der Waals surface area contributed by atoms with Gasteiger partial charge in [0.25, 0.3) is 5.91 Å². The van der Waals surface area contributed by atoms with Gasteiger partial charge in [-0.05, 0) is 68.6 Å². The molecule has 1 aromatic carbocycles. The third kappa shape index (κ3) is 6.99. The number of nitrogens with zero attached hydrogens (tertiary/aromatic N) is 3. The summed E-state index contributed by atoms with van der Waals surface area (Å²) in [4.78, 5) is 24.9. The third-order valence-corrected chi connectivity index (χ3v) is 8.62. The first-order chi connectivity index (χ1) is 20.1. The number of ether oxygens (including phenoxy) is 3. The van der Waals surface area contributed by atoms with Crippen molar-refractivity contribution < 1.29 is 19.0 Å². The Labute approximate surface area is 242 Å². The number of aromatic nitrogens is 2. The Morgan fingerprint density at radius 2 is 1.85 bits per heavy atom. The van der Waals surface area contributed by atoms with E-state index in [1.165, 1.54) is 0 Å². The van der Waals surface area contributed by atoms with Gasteiger partial charge >= 0.3 is 0 Å². The van der Waals surface area contributed by atoms with Crippen LogP contribution in [0.4, 0.5) is 5.82 Å². The highest BCUT2D eigenvalue weighted by atomic mass is 16.5. The highest BCUT2D eigenvalue weighted by molar-refractivity contribution is 5.96. The summed E-state index contributed by atoms with van der Waals surface area (Å²) in [6, 6.07) is 8.52. The predicted molar refractivity (Wildman–Crippen MR) is 157 cm³/mol. The summed E-state index contributed by atoms with van der Waals surface area (Å²) in [5, 5.41) is 6.60. The number of anilines is 1. The fourth-order valence-electron chi connectivity index (χ4n) is 5.74. The van der Waals surface area contributed by atoms with Gasteiger partial charge in [-0.25, -0.2) is 4.98 Å². The zero-order valence-corrected chi connectivity index (χ0v) is 23.9. The second-order valence-electron chi connectivity index (χ2n) is 11.8. The van der Waals surface area contributed by atoms with Gasteiger partial charge in [-0.15, -0.1) is 0 Å². The van der Waals surface area contributed by atoms with Gasteiger partial charge in [-0.1, -0.05) is 12.1 Å². The van der Waals surface area contributed by atoms with Crippen LogP contribution in [0.3, 0.4) is 0 Å². The van der Waals surface area contributed by atoms with E-state index in [1.54, 1.807) is 6.20 Å². The van der Waals surface area contributed by atoms with Crippen LogP contribution >= 0.6 is 0 Å². The van der Waals surface area contributed by atoms with Crippen LogP contribution in [0.5, 0.6) is 5.88 Å². The number of nitrogens with two attached hydrogens (primary N) is 1. The van der Waals surface area contributed by atoms with Crippen LogP contribution < -0.4 is 21.1 Å². The van der Waals surface area contributed by atoms with Gasteiger partial charge in [0.2, 0.25) is 5.88 Å². The van der Waals surface area contributed by atoms with Crippen LogP contribution in [0.1, 0.15) is 65.8 Å². The van der Waals surface area contributed by atoms with E-state index in [0.29, 0.717) is 40.8 Å². The first-order valence-electron chi connectivity index (χ1n) is 15.1. The molecule has 41 heavy (non-hydrogen) atoms. The second-order valence-corrected chi connectivity index (χ2v) is 11.8. The number of carbonyl (C=O) groups is 1. The quantitative estimate of drug-likeness (QED) is 0.401. The van der Waals surface area contributed by atoms with E-state index >= 15 is 0 Å². The fraction of sp³-hybridized carbons (Fsp3) is 0.581. The van der Waals surface area contributed by atoms with Crippen molar-refractivity contribution in [3.8, 4) is 5.88 Å². The first-order valence-corrected chi connectivity index (χ1v) is 15.1. The molecule has 220 valence electrons. The number of piperidine rings is 1. The summed E-state index contributed by atoms with van der Waals surface area (Å²) in [7, 11) is 0. The molecule has 0 atom stereocenters. The number of likely N-dealkylation sites (tertiary alicyclic amines) is 1. The normalized spacial score (nSPS) is 21.3. The summed E-state index contributed by atoms with van der Waals surface area (Å²) in [5.74, 6) is 2.27. The SMILES string of the molecule is Cc1cc(C(=CN)c2nc(NCC3CCOCC3)cc(OC3CCN(C4COC4)CC3)n2)ccc1C(=O)NC1CC1. The first kappa shape index (κ1) is 27.9. The van der Waals surface area contributed by atoms with Gasteiger partial charge in [-0.2, -0.15) is 4.98 Å². The molecule has 4 aliphatic rings. The lowest BCUT2D eigenvalue weighted by Crippen LogP contribution is -2.52. The van der Waals surface area contributed by atoms with Crippen LogP contribution in [0.15, 0.2) is 30.5 Å². The van der Waals surface area contributed by atoms with Gasteiger partial charge in [0.1, 0.15) is 11.9 Å². The zero-order chi connectivity index (χ0) is 28.2. The van der Waals surface area contributed by atoms with Crippen molar-refractivity contribution >= 4 is 17.3 Å². The molecule has 0 unspecified atom stereocenters. The predicted octanol–water partition coefficient (Wildman–Crippen LogP) is 3.11. The standard InChI is InChI=1S/C31H42N6O4/c1-20-14-22(2-5-26(20)31(38)34-23-3-4-23)27(16-32)30-35-28(33-17-21-8-12-39-13-9-21)15-29(36-30)41-25-6-10-37(11-7-25)24-18-40-19-24/h2,5,14-16,21,23-25H,3-4,6-13,17-19,32H2,1H3,(H,34,38)(H,33,35,36). The van der Waals surface area contributed by atoms with E-state index < -0.39 is 0 Å². The smallest absolute Gasteiger partial charge is 0.251 e. The maximum absolute atomic E-state index is 12.7. The number of hydrogen-bond donors (Lipinski definition) is 3. The van der Waals surface area contributed by atoms with Gasteiger partial charge in [0.15, 0.2) is 5.82 Å². The maximum atomic E-state index is 12.7. The molecule has 10 heteroatoms. The second kappa shape index (κ2) is 12.8. The molecule has 3 saturated heterocycles. The van der Waals surface area contributed by atoms with Crippen molar-refractivity contribution in [1.82, 2.24) is 20.2 Å². The molecule has 4 fully saturated rings. The van der Waals surface area contributed by atoms with Gasteiger partial charge in [0.05, 0.1) is 19.3 Å². The van der Waals surface area contributed by atoms with Crippen molar-refractivity contribution in [1.29, 1.82) is 0 Å². The molecule has 0 radical (unpaired) electrons. The highest BCUT2D eigenvalue weighted by Crippen LogP contribution is 2.28. The third-order valence-electron chi connectivity index (χ3n) is 8.62. The molecule has 6 rings (SSSR count). The molecule has 0 bridgehead atoms. The van der Waals surface area contributed by atoms with E-state index in [0.717, 1.165) is 102 Å². The van der Waals surface area contributed by atoms with E-state index in [2.05, 4.69) is 15.5 Å². The lowest BCUT2D eigenvalue weighted by Gasteiger charge is -2.41. The molecule has 1 aromatic heterocycles. The summed E-state index contributed by atoms with van der Waals surface area (Å²) in [6.07, 6.45) is 7.71. The zero-order valence-electron chi connectivity index (χ0n) is 23.9. The number of nitrogens with one attached hydrogen (secondary N) is 2. The average molecular weight is 563 g/mol. The van der Waals surface area contributed by atoms with E-state index in [-0.39, 0.29) is 12.0 Å². The lowest BCUT2D eigenvalue weighted by molar-refractivity contribution is -0.0780. The minimum absolute atomic E-state index is 0.0306. The fourth-order valence-corrected chi connectivity index (χ4v) is 5.74. The Hall–Kier alpha value is -3.21. The van der Waals surface area contributed by atoms with E-state index in [1.807, 2.05) is 31.2 Å². The molecular formula is C31H42N6O4. The molecular weight excluding hydrogens is 520 g/mol. The van der Waals surface area contributed by atoms with Crippen molar-refractivity contribution in [3.63, 3.8) is 0 Å². The Morgan fingerprint density at radius 1 is 1.07 bits per heavy atom. The van der Waals surface area contributed by atoms with Crippen LogP contribution in [-0.4, -0.2) is 85.0 Å². The molecule has 4 heterocycles. The minimum Gasteiger partial charge on any atom is -0.474 e. The number of hydrogen-bond acceptors (Lipinski definition) is 9. The molecule has 0 spiro atoms. The maximum Gasteiger partial charge on any atom is 0.251 e. The Bertz CT molecular complexity index is 1250. The number of amides is 1. The number of rotatable bonds is 10. The van der Waals surface area contributed by atoms with Crippen LogP contribution in [0.25, 0.3) is 5.57 Å². The molecule has 1 saturated carbocycles. The monoisotopic (exact) mass is 562 g/mol. The van der Waals surface area contributed by atoms with E-state index in [4.69, 9.17) is 29.9 Å². The van der Waals surface area contributed by atoms with Gasteiger partial charge < -0.3 is 30.6 Å². The van der Waals surface area contributed by atoms with Crippen LogP contribution in [-0.2, 0) is 9.47 Å². The van der Waals surface area contributed by atoms with Crippen molar-refractivity contribution in [3.05, 3.63) is 53.0 Å². The Morgan fingerprint density at radius 3 is 2.51 bits per heavy atom. The lowest BCUT2D eigenvalue weighted by atomic mass is 9.99. The van der Waals surface area contributed by atoms with Crippen molar-refractivity contribution in [2.75, 3.05) is 51.4 Å². The van der Waals surface area contributed by atoms with Crippen LogP contribution in [0, 0.1) is 12.8 Å². The largest absolute Gasteiger partial charge is 0.474 e.